The van der Waals surface area contributed by atoms with Crippen molar-refractivity contribution in [3.8, 4) is 0 Å². The van der Waals surface area contributed by atoms with Crippen LogP contribution < -0.4 is 0 Å². The van der Waals surface area contributed by atoms with Gasteiger partial charge < -0.3 is 13.3 Å². The summed E-state index contributed by atoms with van der Waals surface area (Å²) in [6.07, 6.45) is 1.13. The average Bonchev–Trinajstić information content (AvgIpc) is 2.62. The molecule has 0 aliphatic heterocycles. The van der Waals surface area contributed by atoms with Crippen LogP contribution in [-0.2, 0) is 13.3 Å². The van der Waals surface area contributed by atoms with Crippen LogP contribution >= 0.6 is 0 Å². The number of hydrogen-bond acceptors (Lipinski definition) is 5. The molecule has 0 amide bonds. The van der Waals surface area contributed by atoms with Gasteiger partial charge in [0, 0.05) is 0 Å². The Morgan fingerprint density at radius 3 is 1.71 bits per heavy atom. The Bertz CT molecular complexity index is 634. The second-order valence-corrected chi connectivity index (χ2v) is 6.23. The molecule has 0 fully saturated rings. The predicted octanol–water partition coefficient (Wildman–Crippen LogP) is 3.01. The fourth-order valence-electron chi connectivity index (χ4n) is 1.77. The summed E-state index contributed by atoms with van der Waals surface area (Å²) in [5, 5.41) is 0. The van der Waals surface area contributed by atoms with Gasteiger partial charge in [-0.1, -0.05) is 42.5 Å². The first kappa shape index (κ1) is 17.6. The van der Waals surface area contributed by atoms with E-state index < -0.39 is 27.6 Å². The molecule has 6 heteroatoms. The van der Waals surface area contributed by atoms with Crippen LogP contribution in [0.25, 0.3) is 0 Å². The Hall–Kier alpha value is -2.70. The SMILES string of the molecule is C=CC(C)O[SiH](OC(=O)c1ccccc1)OC(=O)c1ccccc1. The lowest BCUT2D eigenvalue weighted by Gasteiger charge is -2.18. The second-order valence-electron chi connectivity index (χ2n) is 4.91. The van der Waals surface area contributed by atoms with Crippen molar-refractivity contribution in [3.63, 3.8) is 0 Å². The van der Waals surface area contributed by atoms with Crippen LogP contribution in [0.2, 0.25) is 0 Å². The van der Waals surface area contributed by atoms with E-state index >= 15 is 0 Å². The molecule has 0 aromatic heterocycles. The predicted molar refractivity (Wildman–Crippen MR) is 91.6 cm³/mol. The van der Waals surface area contributed by atoms with Gasteiger partial charge in [-0.15, -0.1) is 6.58 Å². The molecule has 0 radical (unpaired) electrons. The fraction of sp³-hybridized carbons (Fsp3) is 0.111. The zero-order chi connectivity index (χ0) is 17.4. The van der Waals surface area contributed by atoms with Crippen LogP contribution in [0, 0.1) is 0 Å². The summed E-state index contributed by atoms with van der Waals surface area (Å²) in [6.45, 7) is 5.33. The number of benzene rings is 2. The zero-order valence-electron chi connectivity index (χ0n) is 13.3. The summed E-state index contributed by atoms with van der Waals surface area (Å²) >= 11 is 0. The van der Waals surface area contributed by atoms with Crippen molar-refractivity contribution >= 4 is 21.5 Å². The Morgan fingerprint density at radius 1 is 0.917 bits per heavy atom. The molecule has 0 aliphatic rings. The van der Waals surface area contributed by atoms with Crippen LogP contribution in [0.15, 0.2) is 73.3 Å². The molecule has 5 nitrogen and oxygen atoms in total. The van der Waals surface area contributed by atoms with Crippen molar-refractivity contribution < 1.29 is 22.9 Å². The van der Waals surface area contributed by atoms with Crippen LogP contribution in [-0.4, -0.2) is 27.6 Å². The van der Waals surface area contributed by atoms with Crippen molar-refractivity contribution in [1.82, 2.24) is 0 Å². The highest BCUT2D eigenvalue weighted by molar-refractivity contribution is 6.43. The molecule has 0 spiro atoms. The monoisotopic (exact) mass is 342 g/mol. The van der Waals surface area contributed by atoms with E-state index in [4.69, 9.17) is 13.3 Å². The van der Waals surface area contributed by atoms with Gasteiger partial charge in [0.2, 0.25) is 0 Å². The first-order valence-electron chi connectivity index (χ1n) is 7.40. The summed E-state index contributed by atoms with van der Waals surface area (Å²) in [5.41, 5.74) is 0.723. The molecule has 0 aliphatic carbocycles. The lowest BCUT2D eigenvalue weighted by Crippen LogP contribution is -2.35. The third-order valence-electron chi connectivity index (χ3n) is 3.08. The molecule has 0 bridgehead atoms. The molecule has 124 valence electrons. The van der Waals surface area contributed by atoms with Crippen molar-refractivity contribution in [2.45, 2.75) is 13.0 Å². The van der Waals surface area contributed by atoms with Crippen molar-refractivity contribution in [1.29, 1.82) is 0 Å². The Morgan fingerprint density at radius 2 is 1.33 bits per heavy atom. The highest BCUT2D eigenvalue weighted by Crippen LogP contribution is 2.09. The normalized spacial score (nSPS) is 11.6. The molecule has 0 N–H and O–H groups in total. The van der Waals surface area contributed by atoms with Gasteiger partial charge in [-0.2, -0.15) is 0 Å². The third-order valence-corrected chi connectivity index (χ3v) is 4.55. The van der Waals surface area contributed by atoms with E-state index in [9.17, 15) is 9.59 Å². The standard InChI is InChI=1S/C18H18O5Si/c1-3-14(2)21-24(22-17(19)15-10-6-4-7-11-15)23-18(20)16-12-8-5-9-13-16/h3-14,24H,1H2,2H3. The minimum Gasteiger partial charge on any atom is -0.463 e. The van der Waals surface area contributed by atoms with Gasteiger partial charge in [-0.05, 0) is 31.2 Å². The molecule has 2 aromatic carbocycles. The molecule has 2 aromatic rings. The van der Waals surface area contributed by atoms with Crippen molar-refractivity contribution in [2.24, 2.45) is 0 Å². The Kier molecular flexibility index (Phi) is 6.47. The quantitative estimate of drug-likeness (QED) is 0.572. The van der Waals surface area contributed by atoms with Crippen molar-refractivity contribution in [3.05, 3.63) is 84.4 Å². The summed E-state index contributed by atoms with van der Waals surface area (Å²) in [5.74, 6) is -1.19. The molecule has 1 atom stereocenters. The fourth-order valence-corrected chi connectivity index (χ4v) is 3.01. The van der Waals surface area contributed by atoms with Crippen molar-refractivity contribution in [2.75, 3.05) is 0 Å². The maximum Gasteiger partial charge on any atom is 0.620 e. The molecule has 0 saturated carbocycles. The van der Waals surface area contributed by atoms with Crippen LogP contribution in [0.4, 0.5) is 0 Å². The van der Waals surface area contributed by atoms with E-state index in [2.05, 4.69) is 6.58 Å². The number of carbonyl (C=O) groups is 2. The van der Waals surface area contributed by atoms with Gasteiger partial charge in [0.1, 0.15) is 0 Å². The lowest BCUT2D eigenvalue weighted by molar-refractivity contribution is 0.0418. The van der Waals surface area contributed by atoms with E-state index in [1.165, 1.54) is 6.08 Å². The number of hydrogen-bond donors (Lipinski definition) is 0. The van der Waals surface area contributed by atoms with E-state index in [-0.39, 0.29) is 0 Å². The molecular formula is C18H18O5Si. The highest BCUT2D eigenvalue weighted by Gasteiger charge is 2.28. The Balaban J connectivity index is 2.08. The molecule has 0 saturated heterocycles. The first-order chi connectivity index (χ1) is 11.6. The van der Waals surface area contributed by atoms with Crippen LogP contribution in [0.3, 0.4) is 0 Å². The Labute approximate surface area is 142 Å². The zero-order valence-corrected chi connectivity index (χ0v) is 14.4. The summed E-state index contributed by atoms with van der Waals surface area (Å²) < 4.78 is 16.1. The summed E-state index contributed by atoms with van der Waals surface area (Å²) in [4.78, 5) is 24.3. The maximum atomic E-state index is 12.2. The van der Waals surface area contributed by atoms with Gasteiger partial charge in [-0.25, -0.2) is 9.59 Å². The molecule has 1 unspecified atom stereocenters. The molecule has 2 rings (SSSR count). The number of carbonyl (C=O) groups excluding carboxylic acids is 2. The lowest BCUT2D eigenvalue weighted by atomic mass is 10.2. The summed E-state index contributed by atoms with van der Waals surface area (Å²) in [6, 6.07) is 16.9. The first-order valence-corrected chi connectivity index (χ1v) is 8.81. The minimum absolute atomic E-state index is 0.362. The average molecular weight is 342 g/mol. The largest absolute Gasteiger partial charge is 0.620 e. The van der Waals surface area contributed by atoms with Gasteiger partial charge >= 0.3 is 21.5 Å². The van der Waals surface area contributed by atoms with Crippen LogP contribution in [0.5, 0.6) is 0 Å². The minimum atomic E-state index is -3.03. The van der Waals surface area contributed by atoms with Gasteiger partial charge in [0.15, 0.2) is 0 Å². The third kappa shape index (κ3) is 5.19. The van der Waals surface area contributed by atoms with Crippen LogP contribution in [0.1, 0.15) is 27.6 Å². The van der Waals surface area contributed by atoms with E-state index in [0.717, 1.165) is 0 Å². The molecule has 0 heterocycles. The summed E-state index contributed by atoms with van der Waals surface area (Å²) in [7, 11) is -3.03. The maximum absolute atomic E-state index is 12.2. The number of rotatable bonds is 7. The molecular weight excluding hydrogens is 324 g/mol. The van der Waals surface area contributed by atoms with Gasteiger partial charge in [0.25, 0.3) is 0 Å². The molecule has 24 heavy (non-hydrogen) atoms. The smallest absolute Gasteiger partial charge is 0.463 e. The van der Waals surface area contributed by atoms with E-state index in [1.807, 2.05) is 0 Å². The van der Waals surface area contributed by atoms with Gasteiger partial charge in [-0.3, -0.25) is 0 Å². The van der Waals surface area contributed by atoms with E-state index in [0.29, 0.717) is 11.1 Å². The van der Waals surface area contributed by atoms with Gasteiger partial charge in [0.05, 0.1) is 17.2 Å². The highest BCUT2D eigenvalue weighted by atomic mass is 28.3. The van der Waals surface area contributed by atoms with E-state index in [1.54, 1.807) is 67.6 Å². The topological polar surface area (TPSA) is 61.8 Å². The second kappa shape index (κ2) is 8.81.